The van der Waals surface area contributed by atoms with Crippen molar-refractivity contribution in [2.75, 3.05) is 5.32 Å². The Bertz CT molecular complexity index is 635. The number of aromatic nitrogens is 1. The molecule has 0 aliphatic carbocycles. The standard InChI is InChI=1S/C13H9ClFN3/c1-8-2-3-9(7-16)13(17-8)18-12-5-4-10(15)6-11(12)14/h2-6H,1H3,(H,17,18). The molecule has 2 aromatic rings. The molecule has 0 aliphatic rings. The van der Waals surface area contributed by atoms with Crippen molar-refractivity contribution in [3.63, 3.8) is 0 Å². The minimum absolute atomic E-state index is 0.238. The van der Waals surface area contributed by atoms with E-state index in [-0.39, 0.29) is 5.02 Å². The van der Waals surface area contributed by atoms with E-state index in [1.54, 1.807) is 12.1 Å². The largest absolute Gasteiger partial charge is 0.338 e. The number of aryl methyl sites for hydroxylation is 1. The summed E-state index contributed by atoms with van der Waals surface area (Å²) in [6.07, 6.45) is 0. The summed E-state index contributed by atoms with van der Waals surface area (Å²) in [5.41, 5.74) is 1.68. The first-order chi connectivity index (χ1) is 8.60. The van der Waals surface area contributed by atoms with Gasteiger partial charge in [-0.05, 0) is 37.3 Å². The number of pyridine rings is 1. The predicted octanol–water partition coefficient (Wildman–Crippen LogP) is 3.80. The molecule has 0 radical (unpaired) electrons. The molecule has 2 rings (SSSR count). The van der Waals surface area contributed by atoms with Crippen LogP contribution in [0.25, 0.3) is 0 Å². The molecule has 0 fully saturated rings. The second kappa shape index (κ2) is 5.03. The molecule has 3 nitrogen and oxygen atoms in total. The summed E-state index contributed by atoms with van der Waals surface area (Å²) in [6, 6.07) is 9.44. The minimum Gasteiger partial charge on any atom is -0.338 e. The van der Waals surface area contributed by atoms with Crippen LogP contribution >= 0.6 is 11.6 Å². The van der Waals surface area contributed by atoms with Crippen LogP contribution in [0.4, 0.5) is 15.9 Å². The van der Waals surface area contributed by atoms with Crippen LogP contribution in [0.1, 0.15) is 11.3 Å². The van der Waals surface area contributed by atoms with Crippen LogP contribution in [0.3, 0.4) is 0 Å². The fraction of sp³-hybridized carbons (Fsp3) is 0.0769. The Hall–Kier alpha value is -2.12. The van der Waals surface area contributed by atoms with Crippen molar-refractivity contribution in [3.8, 4) is 6.07 Å². The van der Waals surface area contributed by atoms with Crippen molar-refractivity contribution >= 4 is 23.1 Å². The van der Waals surface area contributed by atoms with Crippen LogP contribution in [0.2, 0.25) is 5.02 Å². The Morgan fingerprint density at radius 3 is 2.78 bits per heavy atom. The van der Waals surface area contributed by atoms with Gasteiger partial charge >= 0.3 is 0 Å². The lowest BCUT2D eigenvalue weighted by atomic mass is 10.2. The topological polar surface area (TPSA) is 48.7 Å². The molecule has 1 aromatic carbocycles. The van der Waals surface area contributed by atoms with Gasteiger partial charge in [0, 0.05) is 5.69 Å². The van der Waals surface area contributed by atoms with E-state index in [9.17, 15) is 4.39 Å². The first kappa shape index (κ1) is 12.3. The molecule has 0 amide bonds. The Morgan fingerprint density at radius 2 is 2.11 bits per heavy atom. The van der Waals surface area contributed by atoms with Gasteiger partial charge in [0.15, 0.2) is 0 Å². The number of hydrogen-bond acceptors (Lipinski definition) is 3. The second-order valence-electron chi connectivity index (χ2n) is 3.71. The molecule has 1 aromatic heterocycles. The van der Waals surface area contributed by atoms with Gasteiger partial charge in [0.05, 0.1) is 16.3 Å². The first-order valence-corrected chi connectivity index (χ1v) is 5.58. The normalized spacial score (nSPS) is 9.89. The number of nitrogens with zero attached hydrogens (tertiary/aromatic N) is 2. The third-order valence-electron chi connectivity index (χ3n) is 2.34. The fourth-order valence-corrected chi connectivity index (χ4v) is 1.68. The molecule has 18 heavy (non-hydrogen) atoms. The maximum absolute atomic E-state index is 12.9. The zero-order valence-electron chi connectivity index (χ0n) is 9.54. The van der Waals surface area contributed by atoms with Gasteiger partial charge in [-0.1, -0.05) is 11.6 Å². The maximum Gasteiger partial charge on any atom is 0.148 e. The van der Waals surface area contributed by atoms with Crippen molar-refractivity contribution in [1.29, 1.82) is 5.26 Å². The Kier molecular flexibility index (Phi) is 3.45. The van der Waals surface area contributed by atoms with Gasteiger partial charge in [0.2, 0.25) is 0 Å². The average molecular weight is 262 g/mol. The monoisotopic (exact) mass is 261 g/mol. The number of benzene rings is 1. The molecule has 0 aliphatic heterocycles. The number of rotatable bonds is 2. The van der Waals surface area contributed by atoms with E-state index in [2.05, 4.69) is 10.3 Å². The third-order valence-corrected chi connectivity index (χ3v) is 2.65. The van der Waals surface area contributed by atoms with E-state index in [0.717, 1.165) is 5.69 Å². The maximum atomic E-state index is 12.9. The molecule has 0 saturated carbocycles. The molecule has 5 heteroatoms. The highest BCUT2D eigenvalue weighted by atomic mass is 35.5. The number of nitrogens with one attached hydrogen (secondary N) is 1. The molecule has 0 spiro atoms. The smallest absolute Gasteiger partial charge is 0.148 e. The van der Waals surface area contributed by atoms with Gasteiger partial charge in [-0.3, -0.25) is 0 Å². The molecule has 1 heterocycles. The zero-order chi connectivity index (χ0) is 13.1. The lowest BCUT2D eigenvalue weighted by Gasteiger charge is -2.09. The first-order valence-electron chi connectivity index (χ1n) is 5.20. The molecule has 1 N–H and O–H groups in total. The lowest BCUT2D eigenvalue weighted by molar-refractivity contribution is 0.628. The van der Waals surface area contributed by atoms with Crippen LogP contribution in [0.5, 0.6) is 0 Å². The second-order valence-corrected chi connectivity index (χ2v) is 4.12. The van der Waals surface area contributed by atoms with Crippen LogP contribution in [-0.2, 0) is 0 Å². The fourth-order valence-electron chi connectivity index (χ4n) is 1.46. The molecular weight excluding hydrogens is 253 g/mol. The summed E-state index contributed by atoms with van der Waals surface area (Å²) in [5.74, 6) is -0.00531. The van der Waals surface area contributed by atoms with Gasteiger partial charge in [-0.25, -0.2) is 9.37 Å². The van der Waals surface area contributed by atoms with Crippen molar-refractivity contribution in [2.24, 2.45) is 0 Å². The molecule has 0 bridgehead atoms. The number of halogens is 2. The Labute approximate surface area is 109 Å². The van der Waals surface area contributed by atoms with E-state index in [1.165, 1.54) is 18.2 Å². The summed E-state index contributed by atoms with van der Waals surface area (Å²) in [4.78, 5) is 4.22. The van der Waals surface area contributed by atoms with Gasteiger partial charge < -0.3 is 5.32 Å². The van der Waals surface area contributed by atoms with Crippen LogP contribution in [0.15, 0.2) is 30.3 Å². The predicted molar refractivity (Wildman–Crippen MR) is 68.4 cm³/mol. The van der Waals surface area contributed by atoms with Gasteiger partial charge in [0.1, 0.15) is 17.7 Å². The van der Waals surface area contributed by atoms with Crippen molar-refractivity contribution < 1.29 is 4.39 Å². The van der Waals surface area contributed by atoms with Crippen molar-refractivity contribution in [2.45, 2.75) is 6.92 Å². The van der Waals surface area contributed by atoms with E-state index < -0.39 is 5.82 Å². The molecule has 0 saturated heterocycles. The summed E-state index contributed by atoms with van der Waals surface area (Å²) >= 11 is 5.90. The molecule has 0 atom stereocenters. The molecule has 0 unspecified atom stereocenters. The third kappa shape index (κ3) is 2.58. The van der Waals surface area contributed by atoms with Gasteiger partial charge in [-0.2, -0.15) is 5.26 Å². The summed E-state index contributed by atoms with van der Waals surface area (Å²) in [7, 11) is 0. The van der Waals surface area contributed by atoms with Crippen LogP contribution in [-0.4, -0.2) is 4.98 Å². The lowest BCUT2D eigenvalue weighted by Crippen LogP contribution is -1.99. The van der Waals surface area contributed by atoms with E-state index in [4.69, 9.17) is 16.9 Å². The highest BCUT2D eigenvalue weighted by Crippen LogP contribution is 2.26. The average Bonchev–Trinajstić information content (AvgIpc) is 2.33. The summed E-state index contributed by atoms with van der Waals surface area (Å²) in [6.45, 7) is 1.82. The van der Waals surface area contributed by atoms with Crippen LogP contribution < -0.4 is 5.32 Å². The quantitative estimate of drug-likeness (QED) is 0.895. The van der Waals surface area contributed by atoms with Gasteiger partial charge in [-0.15, -0.1) is 0 Å². The molecular formula is C13H9ClFN3. The van der Waals surface area contributed by atoms with Crippen molar-refractivity contribution in [3.05, 3.63) is 52.4 Å². The zero-order valence-corrected chi connectivity index (χ0v) is 10.3. The highest BCUT2D eigenvalue weighted by molar-refractivity contribution is 6.33. The number of nitriles is 1. The van der Waals surface area contributed by atoms with Crippen LogP contribution in [0, 0.1) is 24.1 Å². The SMILES string of the molecule is Cc1ccc(C#N)c(Nc2ccc(F)cc2Cl)n1. The van der Waals surface area contributed by atoms with Crippen molar-refractivity contribution in [1.82, 2.24) is 4.98 Å². The minimum atomic E-state index is -0.414. The van der Waals surface area contributed by atoms with E-state index in [0.29, 0.717) is 17.1 Å². The molecule has 90 valence electrons. The number of anilines is 2. The van der Waals surface area contributed by atoms with E-state index >= 15 is 0 Å². The van der Waals surface area contributed by atoms with E-state index in [1.807, 2.05) is 13.0 Å². The van der Waals surface area contributed by atoms with Gasteiger partial charge in [0.25, 0.3) is 0 Å². The highest BCUT2D eigenvalue weighted by Gasteiger charge is 2.07. The Morgan fingerprint density at radius 1 is 1.33 bits per heavy atom. The summed E-state index contributed by atoms with van der Waals surface area (Å²) < 4.78 is 12.9. The number of hydrogen-bond donors (Lipinski definition) is 1. The summed E-state index contributed by atoms with van der Waals surface area (Å²) in [5, 5.41) is 12.1. The Balaban J connectivity index is 2.40.